The van der Waals surface area contributed by atoms with Gasteiger partial charge in [-0.2, -0.15) is 11.8 Å². The Balaban J connectivity index is 2.47. The van der Waals surface area contributed by atoms with Crippen molar-refractivity contribution in [1.29, 1.82) is 0 Å². The summed E-state index contributed by atoms with van der Waals surface area (Å²) in [6.07, 6.45) is 0. The Kier molecular flexibility index (Phi) is 3.73. The Bertz CT molecular complexity index is 420. The molecule has 0 bridgehead atoms. The zero-order valence-electron chi connectivity index (χ0n) is 10.3. The number of hydrogen-bond acceptors (Lipinski definition) is 2. The molecular formula is C13H17F2NS. The van der Waals surface area contributed by atoms with Crippen LogP contribution in [-0.2, 0) is 5.75 Å². The van der Waals surface area contributed by atoms with E-state index < -0.39 is 11.6 Å². The van der Waals surface area contributed by atoms with Gasteiger partial charge in [0.05, 0.1) is 0 Å². The molecule has 2 unspecified atom stereocenters. The van der Waals surface area contributed by atoms with Crippen molar-refractivity contribution < 1.29 is 8.78 Å². The first kappa shape index (κ1) is 12.8. The SMILES string of the molecule is CNC1c2cc(F)cc(F)c2CSC1C(C)C. The number of fused-ring (bicyclic) bond motifs is 1. The van der Waals surface area contributed by atoms with Crippen LogP contribution in [0.2, 0.25) is 0 Å². The largest absolute Gasteiger partial charge is 0.312 e. The average molecular weight is 257 g/mol. The number of nitrogens with one attached hydrogen (secondary N) is 1. The molecule has 4 heteroatoms. The summed E-state index contributed by atoms with van der Waals surface area (Å²) in [4.78, 5) is 0. The molecule has 0 saturated carbocycles. The number of hydrogen-bond donors (Lipinski definition) is 1. The van der Waals surface area contributed by atoms with E-state index in [9.17, 15) is 8.78 Å². The molecule has 0 radical (unpaired) electrons. The zero-order valence-corrected chi connectivity index (χ0v) is 11.1. The Labute approximate surface area is 105 Å². The van der Waals surface area contributed by atoms with Crippen molar-refractivity contribution in [2.24, 2.45) is 5.92 Å². The third-order valence-corrected chi connectivity index (χ3v) is 4.90. The van der Waals surface area contributed by atoms with Crippen molar-refractivity contribution in [3.8, 4) is 0 Å². The Hall–Kier alpha value is -0.610. The van der Waals surface area contributed by atoms with Gasteiger partial charge >= 0.3 is 0 Å². The molecule has 2 atom stereocenters. The van der Waals surface area contributed by atoms with E-state index in [0.717, 1.165) is 11.6 Å². The smallest absolute Gasteiger partial charge is 0.130 e. The fourth-order valence-electron chi connectivity index (χ4n) is 2.40. The van der Waals surface area contributed by atoms with Crippen molar-refractivity contribution >= 4 is 11.8 Å². The molecule has 1 nitrogen and oxygen atoms in total. The first-order valence-electron chi connectivity index (χ1n) is 5.81. The van der Waals surface area contributed by atoms with Crippen LogP contribution in [0, 0.1) is 17.6 Å². The highest BCUT2D eigenvalue weighted by molar-refractivity contribution is 7.99. The summed E-state index contributed by atoms with van der Waals surface area (Å²) in [7, 11) is 1.85. The maximum absolute atomic E-state index is 13.7. The maximum Gasteiger partial charge on any atom is 0.130 e. The molecule has 1 heterocycles. The lowest BCUT2D eigenvalue weighted by Crippen LogP contribution is -2.34. The predicted molar refractivity (Wildman–Crippen MR) is 68.1 cm³/mol. The lowest BCUT2D eigenvalue weighted by atomic mass is 9.92. The highest BCUT2D eigenvalue weighted by Gasteiger charge is 2.32. The molecule has 0 aliphatic carbocycles. The zero-order chi connectivity index (χ0) is 12.6. The third kappa shape index (κ3) is 2.33. The second kappa shape index (κ2) is 4.94. The van der Waals surface area contributed by atoms with Gasteiger partial charge in [0.15, 0.2) is 0 Å². The van der Waals surface area contributed by atoms with Gasteiger partial charge in [0.25, 0.3) is 0 Å². The van der Waals surface area contributed by atoms with Crippen LogP contribution in [-0.4, -0.2) is 12.3 Å². The van der Waals surface area contributed by atoms with Gasteiger partial charge in [0, 0.05) is 28.7 Å². The van der Waals surface area contributed by atoms with Crippen LogP contribution in [0.3, 0.4) is 0 Å². The van der Waals surface area contributed by atoms with E-state index in [1.807, 2.05) is 7.05 Å². The van der Waals surface area contributed by atoms with E-state index in [1.165, 1.54) is 6.07 Å². The van der Waals surface area contributed by atoms with E-state index in [2.05, 4.69) is 19.2 Å². The van der Waals surface area contributed by atoms with Crippen LogP contribution in [0.5, 0.6) is 0 Å². The Morgan fingerprint density at radius 2 is 2.06 bits per heavy atom. The third-order valence-electron chi connectivity index (χ3n) is 3.25. The lowest BCUT2D eigenvalue weighted by molar-refractivity contribution is 0.457. The molecule has 17 heavy (non-hydrogen) atoms. The minimum atomic E-state index is -0.490. The molecule has 2 rings (SSSR count). The summed E-state index contributed by atoms with van der Waals surface area (Å²) in [6.45, 7) is 4.28. The molecule has 0 saturated heterocycles. The molecule has 1 N–H and O–H groups in total. The normalized spacial score (nSPS) is 23.9. The summed E-state index contributed by atoms with van der Waals surface area (Å²) >= 11 is 1.74. The van der Waals surface area contributed by atoms with E-state index in [4.69, 9.17) is 0 Å². The molecule has 1 aliphatic rings. The van der Waals surface area contributed by atoms with Crippen LogP contribution >= 0.6 is 11.8 Å². The number of benzene rings is 1. The van der Waals surface area contributed by atoms with Crippen molar-refractivity contribution in [2.45, 2.75) is 30.9 Å². The van der Waals surface area contributed by atoms with Crippen molar-refractivity contribution in [2.75, 3.05) is 7.05 Å². The minimum absolute atomic E-state index is 0.0222. The second-order valence-electron chi connectivity index (χ2n) is 4.74. The maximum atomic E-state index is 13.7. The van der Waals surface area contributed by atoms with E-state index in [0.29, 0.717) is 22.5 Å². The fraction of sp³-hybridized carbons (Fsp3) is 0.538. The van der Waals surface area contributed by atoms with Crippen LogP contribution in [0.1, 0.15) is 31.0 Å². The number of halogens is 2. The van der Waals surface area contributed by atoms with E-state index >= 15 is 0 Å². The summed E-state index contributed by atoms with van der Waals surface area (Å²) in [5.74, 6) is 0.186. The van der Waals surface area contributed by atoms with Gasteiger partial charge in [-0.3, -0.25) is 0 Å². The van der Waals surface area contributed by atoms with Gasteiger partial charge < -0.3 is 5.32 Å². The van der Waals surface area contributed by atoms with Crippen LogP contribution < -0.4 is 5.32 Å². The Morgan fingerprint density at radius 3 is 2.65 bits per heavy atom. The Morgan fingerprint density at radius 1 is 1.35 bits per heavy atom. The van der Waals surface area contributed by atoms with Gasteiger partial charge in [-0.25, -0.2) is 8.78 Å². The molecule has 0 spiro atoms. The van der Waals surface area contributed by atoms with Gasteiger partial charge in [0.1, 0.15) is 11.6 Å². The molecule has 94 valence electrons. The highest BCUT2D eigenvalue weighted by Crippen LogP contribution is 2.42. The molecule has 0 fully saturated rings. The average Bonchev–Trinajstić information content (AvgIpc) is 2.26. The van der Waals surface area contributed by atoms with Gasteiger partial charge in [-0.05, 0) is 24.6 Å². The van der Waals surface area contributed by atoms with Gasteiger partial charge in [-0.1, -0.05) is 13.8 Å². The lowest BCUT2D eigenvalue weighted by Gasteiger charge is -2.35. The van der Waals surface area contributed by atoms with E-state index in [1.54, 1.807) is 11.8 Å². The molecular weight excluding hydrogens is 240 g/mol. The topological polar surface area (TPSA) is 12.0 Å². The summed E-state index contributed by atoms with van der Waals surface area (Å²) in [5.41, 5.74) is 1.43. The van der Waals surface area contributed by atoms with Crippen LogP contribution in [0.4, 0.5) is 8.78 Å². The predicted octanol–water partition coefficient (Wildman–Crippen LogP) is 3.50. The van der Waals surface area contributed by atoms with Crippen molar-refractivity contribution in [1.82, 2.24) is 5.32 Å². The summed E-state index contributed by atoms with van der Waals surface area (Å²) in [5, 5.41) is 3.55. The standard InChI is InChI=1S/C13H17F2NS/c1-7(2)13-12(16-3)9-4-8(14)5-11(15)10(9)6-17-13/h4-5,7,12-13,16H,6H2,1-3H3. The molecule has 0 amide bonds. The monoisotopic (exact) mass is 257 g/mol. The van der Waals surface area contributed by atoms with Crippen LogP contribution in [0.15, 0.2) is 12.1 Å². The second-order valence-corrected chi connectivity index (χ2v) is 5.91. The molecule has 1 aliphatic heterocycles. The minimum Gasteiger partial charge on any atom is -0.312 e. The summed E-state index contributed by atoms with van der Waals surface area (Å²) in [6, 6.07) is 2.46. The first-order chi connectivity index (χ1) is 8.04. The van der Waals surface area contributed by atoms with Gasteiger partial charge in [0.2, 0.25) is 0 Å². The van der Waals surface area contributed by atoms with Crippen LogP contribution in [0.25, 0.3) is 0 Å². The molecule has 1 aromatic rings. The summed E-state index contributed by atoms with van der Waals surface area (Å²) < 4.78 is 27.0. The van der Waals surface area contributed by atoms with Crippen molar-refractivity contribution in [3.05, 3.63) is 34.9 Å². The number of rotatable bonds is 2. The van der Waals surface area contributed by atoms with Crippen molar-refractivity contribution in [3.63, 3.8) is 0 Å². The molecule has 1 aromatic carbocycles. The first-order valence-corrected chi connectivity index (χ1v) is 6.86. The highest BCUT2D eigenvalue weighted by atomic mass is 32.2. The fourth-order valence-corrected chi connectivity index (χ4v) is 3.93. The van der Waals surface area contributed by atoms with E-state index in [-0.39, 0.29) is 6.04 Å². The van der Waals surface area contributed by atoms with Gasteiger partial charge in [-0.15, -0.1) is 0 Å². The number of thioether (sulfide) groups is 1. The molecule has 0 aromatic heterocycles. The quantitative estimate of drug-likeness (QED) is 0.870.